The number of hydrogen-bond acceptors (Lipinski definition) is 3. The summed E-state index contributed by atoms with van der Waals surface area (Å²) in [4.78, 5) is 19.4. The van der Waals surface area contributed by atoms with E-state index in [1.807, 2.05) is 42.1 Å². The number of amides is 1. The average Bonchev–Trinajstić information content (AvgIpc) is 2.69. The predicted octanol–water partition coefficient (Wildman–Crippen LogP) is 3.85. The van der Waals surface area contributed by atoms with E-state index in [9.17, 15) is 4.79 Å². The molecule has 1 amide bonds. The van der Waals surface area contributed by atoms with Gasteiger partial charge in [0.05, 0.1) is 6.54 Å². The molecule has 0 unspecified atom stereocenters. The first-order chi connectivity index (χ1) is 13.1. The second-order valence-electron chi connectivity index (χ2n) is 6.18. The van der Waals surface area contributed by atoms with E-state index in [2.05, 4.69) is 46.8 Å². The molecule has 0 aromatic heterocycles. The molecule has 7 heteroatoms. The Hall–Kier alpha value is -1.74. The third-order valence-electron chi connectivity index (χ3n) is 3.78. The van der Waals surface area contributed by atoms with Crippen molar-refractivity contribution in [1.82, 2.24) is 15.5 Å². The van der Waals surface area contributed by atoms with E-state index in [0.717, 1.165) is 30.4 Å². The Morgan fingerprint density at radius 3 is 2.32 bits per heavy atom. The molecular weight excluding hydrogens is 483 g/mol. The first kappa shape index (κ1) is 24.3. The number of carbonyl (C=O) groups excluding carboxylic acids is 1. The number of guanidine groups is 1. The molecule has 0 saturated heterocycles. The molecule has 2 rings (SSSR count). The number of halogens is 1. The van der Waals surface area contributed by atoms with Crippen molar-refractivity contribution in [3.05, 3.63) is 65.7 Å². The Morgan fingerprint density at radius 2 is 1.71 bits per heavy atom. The van der Waals surface area contributed by atoms with E-state index >= 15 is 0 Å². The van der Waals surface area contributed by atoms with Gasteiger partial charge in [0.1, 0.15) is 0 Å². The minimum absolute atomic E-state index is 0. The number of hydrogen-bond donors (Lipinski definition) is 2. The normalized spacial score (nSPS) is 10.8. The Labute approximate surface area is 189 Å². The van der Waals surface area contributed by atoms with Crippen molar-refractivity contribution in [2.24, 2.45) is 4.99 Å². The van der Waals surface area contributed by atoms with Crippen LogP contribution in [-0.4, -0.2) is 49.7 Å². The smallest absolute Gasteiger partial charge is 0.253 e. The van der Waals surface area contributed by atoms with Crippen molar-refractivity contribution in [3.63, 3.8) is 0 Å². The van der Waals surface area contributed by atoms with Crippen molar-refractivity contribution >= 4 is 47.6 Å². The fourth-order valence-electron chi connectivity index (χ4n) is 2.38. The van der Waals surface area contributed by atoms with Crippen molar-refractivity contribution in [1.29, 1.82) is 0 Å². The van der Waals surface area contributed by atoms with Crippen LogP contribution in [0, 0.1) is 0 Å². The van der Waals surface area contributed by atoms with Crippen LogP contribution in [0.3, 0.4) is 0 Å². The lowest BCUT2D eigenvalue weighted by Gasteiger charge is -2.12. The maximum Gasteiger partial charge on any atom is 0.253 e. The van der Waals surface area contributed by atoms with Crippen LogP contribution in [0.2, 0.25) is 0 Å². The molecule has 0 aliphatic heterocycles. The van der Waals surface area contributed by atoms with E-state index < -0.39 is 0 Å². The molecule has 0 saturated carbocycles. The zero-order valence-corrected chi connectivity index (χ0v) is 19.8. The van der Waals surface area contributed by atoms with Crippen LogP contribution >= 0.6 is 35.7 Å². The molecule has 0 fully saturated rings. The van der Waals surface area contributed by atoms with E-state index in [1.165, 1.54) is 4.90 Å². The Kier molecular flexibility index (Phi) is 11.7. The summed E-state index contributed by atoms with van der Waals surface area (Å²) < 4.78 is 0. The van der Waals surface area contributed by atoms with Gasteiger partial charge in [-0.05, 0) is 36.8 Å². The first-order valence-electron chi connectivity index (χ1n) is 9.10. The van der Waals surface area contributed by atoms with Crippen molar-refractivity contribution in [2.75, 3.05) is 32.9 Å². The number of thioether (sulfide) groups is 1. The molecule has 0 radical (unpaired) electrons. The Bertz CT molecular complexity index is 736. The fraction of sp³-hybridized carbons (Fsp3) is 0.333. The molecular formula is C21H29IN4OS. The van der Waals surface area contributed by atoms with Gasteiger partial charge in [-0.15, -0.1) is 35.7 Å². The highest BCUT2D eigenvalue weighted by Crippen LogP contribution is 2.15. The van der Waals surface area contributed by atoms with Gasteiger partial charge in [0.25, 0.3) is 5.91 Å². The van der Waals surface area contributed by atoms with Crippen molar-refractivity contribution in [3.8, 4) is 0 Å². The highest BCUT2D eigenvalue weighted by molar-refractivity contribution is 14.0. The molecule has 28 heavy (non-hydrogen) atoms. The predicted molar refractivity (Wildman–Crippen MR) is 130 cm³/mol. The standard InChI is InChI=1S/C21H28N4OS.HI/c1-4-22-21(23-14-15-27-19-8-6-5-7-9-19)24-16-17-10-12-18(13-11-17)20(26)25(2)3;/h5-13H,4,14-16H2,1-3H3,(H2,22,23,24);1H. The number of carbonyl (C=O) groups is 1. The number of aliphatic imine (C=N–C) groups is 1. The Balaban J connectivity index is 0.00000392. The molecule has 5 nitrogen and oxygen atoms in total. The van der Waals surface area contributed by atoms with E-state index in [0.29, 0.717) is 12.1 Å². The molecule has 152 valence electrons. The number of rotatable bonds is 8. The topological polar surface area (TPSA) is 56.7 Å². The van der Waals surface area contributed by atoms with Gasteiger partial charge in [-0.2, -0.15) is 0 Å². The maximum absolute atomic E-state index is 11.9. The van der Waals surface area contributed by atoms with Crippen LogP contribution in [0.4, 0.5) is 0 Å². The molecule has 2 aromatic rings. The number of nitrogens with zero attached hydrogens (tertiary/aromatic N) is 2. The molecule has 0 atom stereocenters. The van der Waals surface area contributed by atoms with Gasteiger partial charge < -0.3 is 15.5 Å². The molecule has 2 aromatic carbocycles. The van der Waals surface area contributed by atoms with Crippen LogP contribution in [0.15, 0.2) is 64.5 Å². The van der Waals surface area contributed by atoms with Crippen LogP contribution in [-0.2, 0) is 6.54 Å². The number of benzene rings is 2. The monoisotopic (exact) mass is 512 g/mol. The zero-order valence-electron chi connectivity index (χ0n) is 16.6. The summed E-state index contributed by atoms with van der Waals surface area (Å²) >= 11 is 1.82. The summed E-state index contributed by atoms with van der Waals surface area (Å²) in [5, 5.41) is 6.63. The molecule has 0 heterocycles. The van der Waals surface area contributed by atoms with Gasteiger partial charge in [0.2, 0.25) is 0 Å². The van der Waals surface area contributed by atoms with Crippen LogP contribution in [0.5, 0.6) is 0 Å². The Morgan fingerprint density at radius 1 is 1.04 bits per heavy atom. The van der Waals surface area contributed by atoms with E-state index in [-0.39, 0.29) is 29.9 Å². The van der Waals surface area contributed by atoms with Crippen LogP contribution in [0.1, 0.15) is 22.8 Å². The second kappa shape index (κ2) is 13.4. The van der Waals surface area contributed by atoms with Gasteiger partial charge in [0, 0.05) is 43.4 Å². The minimum atomic E-state index is 0. The van der Waals surface area contributed by atoms with Gasteiger partial charge in [-0.3, -0.25) is 4.79 Å². The summed E-state index contributed by atoms with van der Waals surface area (Å²) in [5.74, 6) is 1.78. The summed E-state index contributed by atoms with van der Waals surface area (Å²) in [6.45, 7) is 4.27. The van der Waals surface area contributed by atoms with Crippen molar-refractivity contribution < 1.29 is 4.79 Å². The summed E-state index contributed by atoms with van der Waals surface area (Å²) in [6.07, 6.45) is 0. The molecule has 0 bridgehead atoms. The molecule has 2 N–H and O–H groups in total. The zero-order chi connectivity index (χ0) is 19.5. The van der Waals surface area contributed by atoms with E-state index in [4.69, 9.17) is 0 Å². The van der Waals surface area contributed by atoms with Gasteiger partial charge in [-0.1, -0.05) is 30.3 Å². The van der Waals surface area contributed by atoms with Gasteiger partial charge >= 0.3 is 0 Å². The highest BCUT2D eigenvalue weighted by atomic mass is 127. The quantitative estimate of drug-likeness (QED) is 0.186. The third kappa shape index (κ3) is 8.52. The molecule has 0 aliphatic rings. The molecule has 0 aliphatic carbocycles. The second-order valence-corrected chi connectivity index (χ2v) is 7.35. The maximum atomic E-state index is 11.9. The lowest BCUT2D eigenvalue weighted by Crippen LogP contribution is -2.38. The number of nitrogens with one attached hydrogen (secondary N) is 2. The largest absolute Gasteiger partial charge is 0.357 e. The molecule has 0 spiro atoms. The summed E-state index contributed by atoms with van der Waals surface area (Å²) in [7, 11) is 3.51. The van der Waals surface area contributed by atoms with Gasteiger partial charge in [-0.25, -0.2) is 4.99 Å². The minimum Gasteiger partial charge on any atom is -0.357 e. The van der Waals surface area contributed by atoms with E-state index in [1.54, 1.807) is 19.0 Å². The lowest BCUT2D eigenvalue weighted by molar-refractivity contribution is 0.0827. The SMILES string of the molecule is CCNC(=NCc1ccc(C(=O)N(C)C)cc1)NCCSc1ccccc1.I. The highest BCUT2D eigenvalue weighted by Gasteiger charge is 2.07. The summed E-state index contributed by atoms with van der Waals surface area (Å²) in [5.41, 5.74) is 1.76. The van der Waals surface area contributed by atoms with Crippen LogP contribution in [0.25, 0.3) is 0 Å². The lowest BCUT2D eigenvalue weighted by atomic mass is 10.1. The fourth-order valence-corrected chi connectivity index (χ4v) is 3.17. The average molecular weight is 512 g/mol. The third-order valence-corrected chi connectivity index (χ3v) is 4.79. The first-order valence-corrected chi connectivity index (χ1v) is 10.1. The van der Waals surface area contributed by atoms with Crippen LogP contribution < -0.4 is 10.6 Å². The van der Waals surface area contributed by atoms with Crippen molar-refractivity contribution in [2.45, 2.75) is 18.4 Å². The van der Waals surface area contributed by atoms with Gasteiger partial charge in [0.15, 0.2) is 5.96 Å². The summed E-state index contributed by atoms with van der Waals surface area (Å²) in [6, 6.07) is 18.0.